The van der Waals surface area contributed by atoms with Gasteiger partial charge in [0.15, 0.2) is 0 Å². The minimum absolute atomic E-state index is 0.0417. The summed E-state index contributed by atoms with van der Waals surface area (Å²) >= 11 is 6.21. The highest BCUT2D eigenvalue weighted by molar-refractivity contribution is 6.31. The molecule has 5 heteroatoms. The molecule has 4 nitrogen and oxygen atoms in total. The molecule has 2 aromatic heterocycles. The zero-order chi connectivity index (χ0) is 18.7. The average molecular weight is 377 g/mol. The standard InChI is InChI=1S/C22H17ClN2O2/c1-2-14-17-8-13(23)6-7-19(17)24-21-18(14)10-25-20(21)9-16-12(11-26)4-3-5-15(16)22(25)27/h3-9,26H,2,10-11H2,1H3. The van der Waals surface area contributed by atoms with Gasteiger partial charge in [0.05, 0.1) is 30.1 Å². The summed E-state index contributed by atoms with van der Waals surface area (Å²) in [5.41, 5.74) is 5.54. The Bertz CT molecular complexity index is 1310. The van der Waals surface area contributed by atoms with Gasteiger partial charge in [-0.15, -0.1) is 0 Å². The molecule has 0 fully saturated rings. The maximum atomic E-state index is 13.1. The number of nitrogens with zero attached hydrogens (tertiary/aromatic N) is 2. The fraction of sp³-hybridized carbons (Fsp3) is 0.182. The zero-order valence-corrected chi connectivity index (χ0v) is 15.5. The topological polar surface area (TPSA) is 55.1 Å². The number of benzene rings is 2. The van der Waals surface area contributed by atoms with Gasteiger partial charge in [-0.05, 0) is 53.3 Å². The van der Waals surface area contributed by atoms with Crippen molar-refractivity contribution >= 4 is 33.3 Å². The van der Waals surface area contributed by atoms with Crippen LogP contribution in [0.1, 0.15) is 23.6 Å². The van der Waals surface area contributed by atoms with Crippen LogP contribution in [0.5, 0.6) is 0 Å². The third kappa shape index (κ3) is 2.27. The third-order valence-electron chi connectivity index (χ3n) is 5.49. The molecule has 0 saturated carbocycles. The van der Waals surface area contributed by atoms with Gasteiger partial charge in [0.25, 0.3) is 5.56 Å². The lowest BCUT2D eigenvalue weighted by Crippen LogP contribution is -2.19. The number of aliphatic hydroxyl groups excluding tert-OH is 1. The fourth-order valence-corrected chi connectivity index (χ4v) is 4.39. The zero-order valence-electron chi connectivity index (χ0n) is 14.8. The van der Waals surface area contributed by atoms with Crippen molar-refractivity contribution in [3.63, 3.8) is 0 Å². The van der Waals surface area contributed by atoms with Gasteiger partial charge in [0, 0.05) is 21.4 Å². The van der Waals surface area contributed by atoms with Crippen molar-refractivity contribution in [3.05, 3.63) is 74.5 Å². The second kappa shape index (κ2) is 5.91. The quantitative estimate of drug-likeness (QED) is 0.500. The van der Waals surface area contributed by atoms with Crippen molar-refractivity contribution in [2.45, 2.75) is 26.5 Å². The molecular weight excluding hydrogens is 360 g/mol. The Hall–Kier alpha value is -2.69. The van der Waals surface area contributed by atoms with Crippen molar-refractivity contribution in [1.82, 2.24) is 9.55 Å². The minimum atomic E-state index is -0.100. The molecule has 0 unspecified atom stereocenters. The van der Waals surface area contributed by atoms with Crippen LogP contribution in [0.15, 0.2) is 47.3 Å². The molecule has 2 aromatic carbocycles. The first kappa shape index (κ1) is 16.5. The first-order valence-electron chi connectivity index (χ1n) is 9.00. The molecule has 0 aliphatic carbocycles. The summed E-state index contributed by atoms with van der Waals surface area (Å²) in [7, 11) is 0. The Kier molecular flexibility index (Phi) is 3.61. The van der Waals surface area contributed by atoms with E-state index in [1.165, 1.54) is 5.56 Å². The van der Waals surface area contributed by atoms with E-state index in [9.17, 15) is 9.90 Å². The summed E-state index contributed by atoms with van der Waals surface area (Å²) < 4.78 is 1.79. The van der Waals surface area contributed by atoms with Gasteiger partial charge in [-0.1, -0.05) is 30.7 Å². The van der Waals surface area contributed by atoms with Gasteiger partial charge >= 0.3 is 0 Å². The summed E-state index contributed by atoms with van der Waals surface area (Å²) in [6.07, 6.45) is 0.839. The summed E-state index contributed by atoms with van der Waals surface area (Å²) in [6.45, 7) is 2.53. The average Bonchev–Trinajstić information content (AvgIpc) is 3.04. The lowest BCUT2D eigenvalue weighted by Gasteiger charge is -2.10. The molecule has 1 aliphatic heterocycles. The summed E-state index contributed by atoms with van der Waals surface area (Å²) in [5, 5.41) is 12.8. The Balaban J connectivity index is 1.90. The van der Waals surface area contributed by atoms with Gasteiger partial charge in [-0.2, -0.15) is 0 Å². The summed E-state index contributed by atoms with van der Waals surface area (Å²) in [5.74, 6) is 0. The lowest BCUT2D eigenvalue weighted by atomic mass is 9.98. The largest absolute Gasteiger partial charge is 0.392 e. The predicted octanol–water partition coefficient (Wildman–Crippen LogP) is 4.29. The van der Waals surface area contributed by atoms with Crippen LogP contribution >= 0.6 is 11.6 Å². The van der Waals surface area contributed by atoms with Crippen LogP contribution in [0.4, 0.5) is 0 Å². The molecule has 1 N–H and O–H groups in total. The molecule has 0 radical (unpaired) electrons. The first-order valence-corrected chi connectivity index (χ1v) is 9.38. The molecule has 27 heavy (non-hydrogen) atoms. The van der Waals surface area contributed by atoms with Gasteiger partial charge in [-0.3, -0.25) is 4.79 Å². The SMILES string of the molecule is CCc1c2c(nc3ccc(Cl)cc13)-c1cc3c(CO)cccc3c(=O)n1C2. The van der Waals surface area contributed by atoms with Crippen LogP contribution in [0, 0.1) is 0 Å². The molecule has 4 aromatic rings. The van der Waals surface area contributed by atoms with Crippen LogP contribution in [0.25, 0.3) is 33.1 Å². The molecule has 0 bridgehead atoms. The number of hydrogen-bond donors (Lipinski definition) is 1. The number of pyridine rings is 2. The number of hydrogen-bond acceptors (Lipinski definition) is 3. The molecule has 1 aliphatic rings. The Morgan fingerprint density at radius 2 is 2.00 bits per heavy atom. The van der Waals surface area contributed by atoms with E-state index in [4.69, 9.17) is 16.6 Å². The Labute approximate surface area is 160 Å². The smallest absolute Gasteiger partial charge is 0.259 e. The molecule has 0 spiro atoms. The molecule has 0 saturated heterocycles. The summed E-state index contributed by atoms with van der Waals surface area (Å²) in [4.78, 5) is 18.0. The fourth-order valence-electron chi connectivity index (χ4n) is 4.22. The van der Waals surface area contributed by atoms with E-state index in [0.717, 1.165) is 45.2 Å². The second-order valence-electron chi connectivity index (χ2n) is 6.89. The van der Waals surface area contributed by atoms with E-state index in [2.05, 4.69) is 6.92 Å². The highest BCUT2D eigenvalue weighted by Crippen LogP contribution is 2.37. The van der Waals surface area contributed by atoms with E-state index in [0.29, 0.717) is 17.0 Å². The number of fused-ring (bicyclic) bond motifs is 5. The van der Waals surface area contributed by atoms with Gasteiger partial charge in [0.1, 0.15) is 0 Å². The van der Waals surface area contributed by atoms with E-state index in [1.54, 1.807) is 4.57 Å². The van der Waals surface area contributed by atoms with Crippen molar-refractivity contribution < 1.29 is 5.11 Å². The van der Waals surface area contributed by atoms with Gasteiger partial charge in [0.2, 0.25) is 0 Å². The van der Waals surface area contributed by atoms with Crippen LogP contribution in [0.3, 0.4) is 0 Å². The number of rotatable bonds is 2. The molecular formula is C22H17ClN2O2. The van der Waals surface area contributed by atoms with E-state index in [-0.39, 0.29) is 12.2 Å². The predicted molar refractivity (Wildman–Crippen MR) is 108 cm³/mol. The molecule has 3 heterocycles. The third-order valence-corrected chi connectivity index (χ3v) is 5.73. The van der Waals surface area contributed by atoms with Crippen LogP contribution < -0.4 is 5.56 Å². The minimum Gasteiger partial charge on any atom is -0.392 e. The van der Waals surface area contributed by atoms with Crippen molar-refractivity contribution in [2.24, 2.45) is 0 Å². The molecule has 0 atom stereocenters. The van der Waals surface area contributed by atoms with Crippen LogP contribution in [0.2, 0.25) is 5.02 Å². The first-order chi connectivity index (χ1) is 13.1. The number of aromatic nitrogens is 2. The maximum absolute atomic E-state index is 13.1. The monoisotopic (exact) mass is 376 g/mol. The van der Waals surface area contributed by atoms with Gasteiger partial charge in [-0.25, -0.2) is 4.98 Å². The van der Waals surface area contributed by atoms with E-state index >= 15 is 0 Å². The van der Waals surface area contributed by atoms with Crippen molar-refractivity contribution in [3.8, 4) is 11.4 Å². The Morgan fingerprint density at radius 1 is 1.15 bits per heavy atom. The molecule has 134 valence electrons. The van der Waals surface area contributed by atoms with E-state index in [1.807, 2.05) is 42.5 Å². The number of aryl methyl sites for hydroxylation is 1. The van der Waals surface area contributed by atoms with Crippen molar-refractivity contribution in [2.75, 3.05) is 0 Å². The molecule has 0 amide bonds. The maximum Gasteiger partial charge on any atom is 0.259 e. The number of halogens is 1. The number of aliphatic hydroxyl groups is 1. The normalized spacial score (nSPS) is 12.6. The van der Waals surface area contributed by atoms with Crippen LogP contribution in [-0.4, -0.2) is 14.7 Å². The second-order valence-corrected chi connectivity index (χ2v) is 7.33. The summed E-state index contributed by atoms with van der Waals surface area (Å²) in [6, 6.07) is 13.2. The lowest BCUT2D eigenvalue weighted by molar-refractivity contribution is 0.283. The highest BCUT2D eigenvalue weighted by Gasteiger charge is 2.26. The van der Waals surface area contributed by atoms with E-state index < -0.39 is 0 Å². The van der Waals surface area contributed by atoms with Crippen molar-refractivity contribution in [1.29, 1.82) is 0 Å². The van der Waals surface area contributed by atoms with Gasteiger partial charge < -0.3 is 9.67 Å². The Morgan fingerprint density at radius 3 is 2.78 bits per heavy atom. The van der Waals surface area contributed by atoms with Crippen LogP contribution in [-0.2, 0) is 19.6 Å². The molecule has 5 rings (SSSR count). The highest BCUT2D eigenvalue weighted by atomic mass is 35.5.